The van der Waals surface area contributed by atoms with Gasteiger partial charge in [-0.2, -0.15) is 5.10 Å². The third-order valence-electron chi connectivity index (χ3n) is 5.26. The van der Waals surface area contributed by atoms with Gasteiger partial charge in [0.2, 0.25) is 0 Å². The third-order valence-corrected chi connectivity index (χ3v) is 5.26. The molecule has 0 bridgehead atoms. The van der Waals surface area contributed by atoms with Crippen molar-refractivity contribution in [2.24, 2.45) is 18.0 Å². The normalized spacial score (nSPS) is 17.3. The molecule has 0 spiro atoms. The number of hydrogen-bond acceptors (Lipinski definition) is 3. The monoisotopic (exact) mass is 348 g/mol. The van der Waals surface area contributed by atoms with Crippen LogP contribution in [-0.2, 0) is 13.6 Å². The molecule has 6 heteroatoms. The molecule has 2 rings (SSSR count). The molecule has 1 saturated heterocycles. The van der Waals surface area contributed by atoms with Crippen LogP contribution < -0.4 is 10.6 Å². The van der Waals surface area contributed by atoms with E-state index in [2.05, 4.69) is 55.3 Å². The summed E-state index contributed by atoms with van der Waals surface area (Å²) in [4.78, 5) is 7.42. The largest absolute Gasteiger partial charge is 0.357 e. The minimum absolute atomic E-state index is 0.563. The molecule has 1 unspecified atom stereocenters. The topological polar surface area (TPSA) is 57.5 Å². The molecular formula is C19H36N6. The molecule has 0 aliphatic carbocycles. The van der Waals surface area contributed by atoms with Gasteiger partial charge in [0.15, 0.2) is 5.96 Å². The Morgan fingerprint density at radius 1 is 1.20 bits per heavy atom. The van der Waals surface area contributed by atoms with E-state index in [9.17, 15) is 0 Å². The summed E-state index contributed by atoms with van der Waals surface area (Å²) in [7, 11) is 1.99. The molecule has 0 saturated carbocycles. The van der Waals surface area contributed by atoms with Crippen molar-refractivity contribution < 1.29 is 0 Å². The molecule has 25 heavy (non-hydrogen) atoms. The number of hydrogen-bond donors (Lipinski definition) is 2. The Balaban J connectivity index is 2.01. The van der Waals surface area contributed by atoms with Gasteiger partial charge in [0.25, 0.3) is 0 Å². The Labute approximate surface area is 153 Å². The smallest absolute Gasteiger partial charge is 0.191 e. The highest BCUT2D eigenvalue weighted by Crippen LogP contribution is 2.17. The quantitative estimate of drug-likeness (QED) is 0.586. The molecule has 6 nitrogen and oxygen atoms in total. The van der Waals surface area contributed by atoms with Crippen LogP contribution in [0.2, 0.25) is 0 Å². The first kappa shape index (κ1) is 19.8. The first-order chi connectivity index (χ1) is 11.9. The van der Waals surface area contributed by atoms with Crippen LogP contribution in [0.15, 0.2) is 4.99 Å². The van der Waals surface area contributed by atoms with E-state index in [1.54, 1.807) is 0 Å². The molecule has 1 atom stereocenters. The van der Waals surface area contributed by atoms with E-state index in [4.69, 9.17) is 4.99 Å². The highest BCUT2D eigenvalue weighted by molar-refractivity contribution is 5.79. The fourth-order valence-corrected chi connectivity index (χ4v) is 3.61. The summed E-state index contributed by atoms with van der Waals surface area (Å²) in [6.45, 7) is 15.8. The highest BCUT2D eigenvalue weighted by Gasteiger charge is 2.24. The van der Waals surface area contributed by atoms with Gasteiger partial charge >= 0.3 is 0 Å². The molecule has 0 aromatic carbocycles. The van der Waals surface area contributed by atoms with Gasteiger partial charge in [-0.3, -0.25) is 9.58 Å². The molecular weight excluding hydrogens is 312 g/mol. The molecule has 0 radical (unpaired) electrons. The maximum atomic E-state index is 4.80. The second-order valence-corrected chi connectivity index (χ2v) is 7.40. The highest BCUT2D eigenvalue weighted by atomic mass is 15.3. The van der Waals surface area contributed by atoms with Crippen LogP contribution in [0.25, 0.3) is 0 Å². The van der Waals surface area contributed by atoms with Gasteiger partial charge < -0.3 is 10.6 Å². The fraction of sp³-hybridized carbons (Fsp3) is 0.789. The summed E-state index contributed by atoms with van der Waals surface area (Å²) in [5.41, 5.74) is 3.48. The van der Waals surface area contributed by atoms with E-state index in [0.717, 1.165) is 24.7 Å². The van der Waals surface area contributed by atoms with Gasteiger partial charge in [-0.1, -0.05) is 13.8 Å². The summed E-state index contributed by atoms with van der Waals surface area (Å²) in [6.07, 6.45) is 2.66. The van der Waals surface area contributed by atoms with E-state index in [1.807, 2.05) is 11.7 Å². The maximum Gasteiger partial charge on any atom is 0.191 e. The molecule has 0 amide bonds. The zero-order valence-electron chi connectivity index (χ0n) is 16.9. The Bertz CT molecular complexity index is 569. The van der Waals surface area contributed by atoms with Crippen molar-refractivity contribution in [1.82, 2.24) is 25.3 Å². The summed E-state index contributed by atoms with van der Waals surface area (Å²) >= 11 is 0. The van der Waals surface area contributed by atoms with Crippen molar-refractivity contribution in [2.45, 2.75) is 60.0 Å². The molecule has 1 aliphatic heterocycles. The van der Waals surface area contributed by atoms with Crippen molar-refractivity contribution in [3.8, 4) is 0 Å². The van der Waals surface area contributed by atoms with Crippen LogP contribution in [-0.4, -0.2) is 52.9 Å². The average molecular weight is 349 g/mol. The lowest BCUT2D eigenvalue weighted by molar-refractivity contribution is 0.192. The summed E-state index contributed by atoms with van der Waals surface area (Å²) in [5.74, 6) is 1.53. The van der Waals surface area contributed by atoms with Gasteiger partial charge in [0.05, 0.1) is 12.2 Å². The summed E-state index contributed by atoms with van der Waals surface area (Å²) in [6, 6.07) is 0.563. The SMILES string of the molecule is CCNC(=NCc1c(C)nn(C)c1C)NCC(C(C)C)N1CCCC1. The lowest BCUT2D eigenvalue weighted by atomic mass is 10.0. The third kappa shape index (κ3) is 5.21. The number of nitrogens with one attached hydrogen (secondary N) is 2. The number of rotatable bonds is 7. The van der Waals surface area contributed by atoms with Crippen molar-refractivity contribution in [3.63, 3.8) is 0 Å². The number of nitrogens with zero attached hydrogens (tertiary/aromatic N) is 4. The van der Waals surface area contributed by atoms with Crippen molar-refractivity contribution >= 4 is 5.96 Å². The minimum atomic E-state index is 0.563. The van der Waals surface area contributed by atoms with Gasteiger partial charge in [-0.15, -0.1) is 0 Å². The van der Waals surface area contributed by atoms with Crippen LogP contribution in [0.4, 0.5) is 0 Å². The van der Waals surface area contributed by atoms with Crippen LogP contribution in [0.1, 0.15) is 50.6 Å². The molecule has 2 N–H and O–H groups in total. The van der Waals surface area contributed by atoms with Gasteiger partial charge in [-0.05, 0) is 52.6 Å². The van der Waals surface area contributed by atoms with Gasteiger partial charge in [0.1, 0.15) is 0 Å². The second-order valence-electron chi connectivity index (χ2n) is 7.40. The predicted octanol–water partition coefficient (Wildman–Crippen LogP) is 2.21. The first-order valence-electron chi connectivity index (χ1n) is 9.69. The van der Waals surface area contributed by atoms with E-state index in [1.165, 1.54) is 37.2 Å². The average Bonchev–Trinajstić information content (AvgIpc) is 3.15. The van der Waals surface area contributed by atoms with Crippen LogP contribution in [0.3, 0.4) is 0 Å². The van der Waals surface area contributed by atoms with E-state index >= 15 is 0 Å². The van der Waals surface area contributed by atoms with E-state index in [-0.39, 0.29) is 0 Å². The van der Waals surface area contributed by atoms with E-state index < -0.39 is 0 Å². The van der Waals surface area contributed by atoms with Crippen LogP contribution in [0.5, 0.6) is 0 Å². The van der Waals surface area contributed by atoms with Gasteiger partial charge in [0, 0.05) is 37.4 Å². The number of aliphatic imine (C=N–C) groups is 1. The standard InChI is InChI=1S/C19H36N6/c1-7-20-19(21-12-17-15(4)23-24(6)16(17)5)22-13-18(14(2)3)25-10-8-9-11-25/h14,18H,7-13H2,1-6H3,(H2,20,21,22). The minimum Gasteiger partial charge on any atom is -0.357 e. The predicted molar refractivity (Wildman–Crippen MR) is 105 cm³/mol. The van der Waals surface area contributed by atoms with Crippen LogP contribution >= 0.6 is 0 Å². The van der Waals surface area contributed by atoms with Crippen molar-refractivity contribution in [3.05, 3.63) is 17.0 Å². The lowest BCUT2D eigenvalue weighted by Gasteiger charge is -2.31. The number of aryl methyl sites for hydroxylation is 2. The molecule has 1 aliphatic rings. The first-order valence-corrected chi connectivity index (χ1v) is 9.69. The number of likely N-dealkylation sites (tertiary alicyclic amines) is 1. The van der Waals surface area contributed by atoms with Gasteiger partial charge in [-0.25, -0.2) is 4.99 Å². The second kappa shape index (κ2) is 9.22. The lowest BCUT2D eigenvalue weighted by Crippen LogP contribution is -2.48. The van der Waals surface area contributed by atoms with Crippen molar-refractivity contribution in [1.29, 1.82) is 0 Å². The maximum absolute atomic E-state index is 4.80. The summed E-state index contributed by atoms with van der Waals surface area (Å²) < 4.78 is 1.93. The molecule has 1 aromatic heterocycles. The number of aromatic nitrogens is 2. The Kier molecular flexibility index (Phi) is 7.29. The van der Waals surface area contributed by atoms with E-state index in [0.29, 0.717) is 18.5 Å². The molecule has 1 fully saturated rings. The molecule has 2 heterocycles. The zero-order chi connectivity index (χ0) is 18.4. The number of guanidine groups is 1. The molecule has 142 valence electrons. The molecule has 1 aromatic rings. The summed E-state index contributed by atoms with van der Waals surface area (Å²) in [5, 5.41) is 11.4. The van der Waals surface area contributed by atoms with Crippen molar-refractivity contribution in [2.75, 3.05) is 26.2 Å². The Hall–Kier alpha value is -1.56. The Morgan fingerprint density at radius 3 is 2.40 bits per heavy atom. The fourth-order valence-electron chi connectivity index (χ4n) is 3.61. The Morgan fingerprint density at radius 2 is 1.88 bits per heavy atom. The zero-order valence-corrected chi connectivity index (χ0v) is 16.9. The van der Waals surface area contributed by atoms with Crippen LogP contribution in [0, 0.1) is 19.8 Å².